The zero-order valence-electron chi connectivity index (χ0n) is 23.7. The minimum Gasteiger partial charge on any atom is -0.375 e. The molecule has 0 saturated carbocycles. The van der Waals surface area contributed by atoms with Gasteiger partial charge in [-0.05, 0) is 72.5 Å². The number of alkyl halides is 6. The molecule has 44 heavy (non-hydrogen) atoms. The molecule has 3 aromatic carbocycles. The van der Waals surface area contributed by atoms with Crippen LogP contribution in [0.1, 0.15) is 34.7 Å². The van der Waals surface area contributed by atoms with Crippen LogP contribution in [-0.2, 0) is 33.9 Å². The number of hydrogen-bond acceptors (Lipinski definition) is 3. The summed E-state index contributed by atoms with van der Waals surface area (Å²) in [5.41, 5.74) is -3.64. The van der Waals surface area contributed by atoms with Crippen LogP contribution in [0, 0.1) is 12.7 Å². The fraction of sp³-hybridized carbons (Fsp3) is 0.250. The number of ether oxygens (including phenoxy) is 1. The van der Waals surface area contributed by atoms with E-state index in [1.165, 1.54) is 44.4 Å². The van der Waals surface area contributed by atoms with Crippen molar-refractivity contribution in [1.29, 1.82) is 0 Å². The van der Waals surface area contributed by atoms with E-state index in [-0.39, 0.29) is 23.5 Å². The molecule has 1 atom stereocenters. The summed E-state index contributed by atoms with van der Waals surface area (Å²) in [5.74, 6) is -1.39. The first-order valence-electron chi connectivity index (χ1n) is 13.1. The van der Waals surface area contributed by atoms with E-state index >= 15 is 0 Å². The van der Waals surface area contributed by atoms with E-state index in [0.717, 1.165) is 4.90 Å². The number of benzene rings is 3. The first kappa shape index (κ1) is 32.9. The zero-order chi connectivity index (χ0) is 32.4. The molecule has 0 saturated heterocycles. The van der Waals surface area contributed by atoms with E-state index in [2.05, 4.69) is 4.98 Å². The number of aromatic nitrogens is 1. The summed E-state index contributed by atoms with van der Waals surface area (Å²) in [5, 5.41) is 0.0370. The van der Waals surface area contributed by atoms with Crippen molar-refractivity contribution in [3.05, 3.63) is 118 Å². The summed E-state index contributed by atoms with van der Waals surface area (Å²) in [4.78, 5) is 19.4. The number of pyridine rings is 1. The Labute approximate surface area is 254 Å². The first-order valence-corrected chi connectivity index (χ1v) is 13.5. The topological polar surface area (TPSA) is 42.4 Å². The Morgan fingerprint density at radius 1 is 0.864 bits per heavy atom. The molecule has 0 aliphatic rings. The largest absolute Gasteiger partial charge is 0.416 e. The number of carbonyl (C=O) groups is 1. The number of hydrogen-bond donors (Lipinski definition) is 0. The fourth-order valence-corrected chi connectivity index (χ4v) is 4.96. The molecule has 1 heterocycles. The molecule has 0 aliphatic heterocycles. The van der Waals surface area contributed by atoms with Gasteiger partial charge in [-0.1, -0.05) is 48.0 Å². The second kappa shape index (κ2) is 12.6. The number of carbonyl (C=O) groups excluding carboxylic acids is 1. The third-order valence-electron chi connectivity index (χ3n) is 7.19. The molecule has 0 spiro atoms. The molecule has 0 aliphatic carbocycles. The average molecular weight is 639 g/mol. The van der Waals surface area contributed by atoms with E-state index in [1.807, 2.05) is 0 Å². The Morgan fingerprint density at radius 2 is 1.45 bits per heavy atom. The highest BCUT2D eigenvalue weighted by atomic mass is 35.5. The van der Waals surface area contributed by atoms with Crippen LogP contribution in [0.3, 0.4) is 0 Å². The molecule has 4 nitrogen and oxygen atoms in total. The second-order valence-corrected chi connectivity index (χ2v) is 10.8. The Kier molecular flexibility index (Phi) is 9.41. The third-order valence-corrected chi connectivity index (χ3v) is 7.40. The maximum Gasteiger partial charge on any atom is 0.416 e. The van der Waals surface area contributed by atoms with Gasteiger partial charge in [-0.25, -0.2) is 9.37 Å². The van der Waals surface area contributed by atoms with Crippen LogP contribution in [-0.4, -0.2) is 24.5 Å². The van der Waals surface area contributed by atoms with Crippen molar-refractivity contribution in [2.45, 2.75) is 38.2 Å². The lowest BCUT2D eigenvalue weighted by atomic mass is 9.79. The molecule has 12 heteroatoms. The maximum absolute atomic E-state index is 14.3. The second-order valence-electron chi connectivity index (χ2n) is 10.5. The molecule has 0 N–H and O–H groups in total. The van der Waals surface area contributed by atoms with Crippen LogP contribution in [0.4, 0.5) is 36.4 Å². The van der Waals surface area contributed by atoms with Crippen molar-refractivity contribution in [2.24, 2.45) is 0 Å². The SMILES string of the molecule is Cc1cc(F)ccc1-c1cc(Cl)ncc1N(C)C(=O)C(C)(COCc1ccccc1)c1cc(C(F)(F)F)cc(C(F)(F)F)c1. The Morgan fingerprint density at radius 3 is 2.02 bits per heavy atom. The summed E-state index contributed by atoms with van der Waals surface area (Å²) >= 11 is 6.15. The van der Waals surface area contributed by atoms with Crippen molar-refractivity contribution in [3.8, 4) is 11.1 Å². The van der Waals surface area contributed by atoms with E-state index in [4.69, 9.17) is 16.3 Å². The zero-order valence-corrected chi connectivity index (χ0v) is 24.4. The number of likely N-dealkylation sites (N-methyl/N-ethyl adjacent to an activating group) is 1. The first-order chi connectivity index (χ1) is 20.5. The summed E-state index contributed by atoms with van der Waals surface area (Å²) in [6.45, 7) is 2.20. The van der Waals surface area contributed by atoms with Crippen molar-refractivity contribution in [3.63, 3.8) is 0 Å². The summed E-state index contributed by atoms with van der Waals surface area (Å²) in [6, 6.07) is 15.0. The van der Waals surface area contributed by atoms with Crippen LogP contribution in [0.25, 0.3) is 11.1 Å². The lowest BCUT2D eigenvalue weighted by molar-refractivity contribution is -0.143. The number of rotatable bonds is 8. The van der Waals surface area contributed by atoms with Crippen LogP contribution in [0.2, 0.25) is 5.15 Å². The highest BCUT2D eigenvalue weighted by Gasteiger charge is 2.44. The number of amides is 1. The van der Waals surface area contributed by atoms with Gasteiger partial charge in [0.05, 0.1) is 41.6 Å². The highest BCUT2D eigenvalue weighted by Crippen LogP contribution is 2.41. The maximum atomic E-state index is 14.3. The normalized spacial score (nSPS) is 13.4. The molecule has 0 radical (unpaired) electrons. The molecule has 1 amide bonds. The lowest BCUT2D eigenvalue weighted by Gasteiger charge is -2.34. The van der Waals surface area contributed by atoms with Gasteiger partial charge in [0.15, 0.2) is 0 Å². The van der Waals surface area contributed by atoms with E-state index in [0.29, 0.717) is 34.4 Å². The van der Waals surface area contributed by atoms with Gasteiger partial charge in [0.25, 0.3) is 0 Å². The van der Waals surface area contributed by atoms with E-state index < -0.39 is 52.8 Å². The quantitative estimate of drug-likeness (QED) is 0.143. The lowest BCUT2D eigenvalue weighted by Crippen LogP contribution is -2.47. The summed E-state index contributed by atoms with van der Waals surface area (Å²) in [6.07, 6.45) is -9.02. The molecule has 1 unspecified atom stereocenters. The monoisotopic (exact) mass is 638 g/mol. The highest BCUT2D eigenvalue weighted by molar-refractivity contribution is 6.29. The molecule has 1 aromatic heterocycles. The van der Waals surface area contributed by atoms with Crippen LogP contribution in [0.15, 0.2) is 79.0 Å². The van der Waals surface area contributed by atoms with Gasteiger partial charge in [0.1, 0.15) is 11.0 Å². The molecule has 0 bridgehead atoms. The number of aryl methyl sites for hydroxylation is 1. The molecule has 4 rings (SSSR count). The van der Waals surface area contributed by atoms with E-state index in [9.17, 15) is 35.5 Å². The van der Waals surface area contributed by atoms with Gasteiger partial charge in [-0.15, -0.1) is 0 Å². The van der Waals surface area contributed by atoms with Crippen molar-refractivity contribution in [2.75, 3.05) is 18.6 Å². The fourth-order valence-electron chi connectivity index (χ4n) is 4.80. The minimum absolute atomic E-state index is 0.00146. The minimum atomic E-state index is -5.13. The van der Waals surface area contributed by atoms with Crippen molar-refractivity contribution in [1.82, 2.24) is 4.98 Å². The summed E-state index contributed by atoms with van der Waals surface area (Å²) in [7, 11) is 1.31. The van der Waals surface area contributed by atoms with Gasteiger partial charge in [0.2, 0.25) is 5.91 Å². The molecular weight excluding hydrogens is 613 g/mol. The predicted molar refractivity (Wildman–Crippen MR) is 153 cm³/mol. The Balaban J connectivity index is 1.86. The number of anilines is 1. The van der Waals surface area contributed by atoms with E-state index in [1.54, 1.807) is 37.3 Å². The van der Waals surface area contributed by atoms with Crippen molar-refractivity contribution < 1.29 is 40.3 Å². The molecule has 4 aromatic rings. The van der Waals surface area contributed by atoms with Crippen LogP contribution in [0.5, 0.6) is 0 Å². The number of nitrogens with zero attached hydrogens (tertiary/aromatic N) is 2. The Hall–Kier alpha value is -3.96. The van der Waals surface area contributed by atoms with Gasteiger partial charge >= 0.3 is 12.4 Å². The van der Waals surface area contributed by atoms with Gasteiger partial charge < -0.3 is 9.64 Å². The van der Waals surface area contributed by atoms with Crippen LogP contribution >= 0.6 is 11.6 Å². The smallest absolute Gasteiger partial charge is 0.375 e. The van der Waals surface area contributed by atoms with Gasteiger partial charge in [-0.2, -0.15) is 26.3 Å². The molecule has 232 valence electrons. The standard InChI is InChI=1S/C32H26ClF7N2O2/c1-19-11-24(34)9-10-25(19)26-15-28(33)41-16-27(26)42(3)29(43)30(2,18-44-17-20-7-5-4-6-8-20)21-12-22(31(35,36)37)14-23(13-21)32(38,39)40/h4-16H,17-18H2,1-3H3. The third kappa shape index (κ3) is 7.22. The van der Waals surface area contributed by atoms with Crippen molar-refractivity contribution >= 4 is 23.2 Å². The van der Waals surface area contributed by atoms with Gasteiger partial charge in [0, 0.05) is 12.6 Å². The van der Waals surface area contributed by atoms with Crippen LogP contribution < -0.4 is 4.90 Å². The van der Waals surface area contributed by atoms with Gasteiger partial charge in [-0.3, -0.25) is 4.79 Å². The Bertz CT molecular complexity index is 1630. The summed E-state index contributed by atoms with van der Waals surface area (Å²) < 4.78 is 103. The number of halogens is 8. The average Bonchev–Trinajstić information content (AvgIpc) is 2.95. The predicted octanol–water partition coefficient (Wildman–Crippen LogP) is 9.02. The molecular formula is C32H26ClF7N2O2. The molecule has 0 fully saturated rings.